The summed E-state index contributed by atoms with van der Waals surface area (Å²) in [6.07, 6.45) is 0. The van der Waals surface area contributed by atoms with Gasteiger partial charge >= 0.3 is 5.97 Å². The second-order valence-corrected chi connectivity index (χ2v) is 7.61. The Morgan fingerprint density at radius 3 is 2.48 bits per heavy atom. The number of nitrogens with one attached hydrogen (secondary N) is 1. The highest BCUT2D eigenvalue weighted by atomic mass is 32.2. The lowest BCUT2D eigenvalue weighted by atomic mass is 10.1. The lowest BCUT2D eigenvalue weighted by Crippen LogP contribution is -2.24. The molecule has 0 aliphatic carbocycles. The average Bonchev–Trinajstić information content (AvgIpc) is 2.72. The molecule has 0 aliphatic rings. The molecular formula is C21H18N2O5S. The van der Waals surface area contributed by atoms with Crippen molar-refractivity contribution in [3.8, 4) is 0 Å². The molecule has 3 aromatic rings. The van der Waals surface area contributed by atoms with Crippen molar-refractivity contribution in [3.05, 3.63) is 76.8 Å². The van der Waals surface area contributed by atoms with Crippen LogP contribution in [0.2, 0.25) is 0 Å². The van der Waals surface area contributed by atoms with E-state index in [1.807, 2.05) is 36.4 Å². The summed E-state index contributed by atoms with van der Waals surface area (Å²) in [7, 11) is 0. The Morgan fingerprint density at radius 1 is 1.07 bits per heavy atom. The molecule has 1 atom stereocenters. The van der Waals surface area contributed by atoms with Crippen molar-refractivity contribution < 1.29 is 19.2 Å². The van der Waals surface area contributed by atoms with E-state index in [9.17, 15) is 19.7 Å². The Morgan fingerprint density at radius 2 is 1.76 bits per heavy atom. The number of nitro groups is 1. The lowest BCUT2D eigenvalue weighted by Gasteiger charge is -2.12. The zero-order valence-corrected chi connectivity index (χ0v) is 16.3. The highest BCUT2D eigenvalue weighted by molar-refractivity contribution is 8.00. The van der Waals surface area contributed by atoms with E-state index >= 15 is 0 Å². The predicted molar refractivity (Wildman–Crippen MR) is 112 cm³/mol. The van der Waals surface area contributed by atoms with Crippen molar-refractivity contribution in [3.63, 3.8) is 0 Å². The fourth-order valence-corrected chi connectivity index (χ4v) is 3.54. The molecule has 0 aromatic heterocycles. The minimum absolute atomic E-state index is 0.0188. The van der Waals surface area contributed by atoms with Gasteiger partial charge in [-0.3, -0.25) is 19.7 Å². The van der Waals surface area contributed by atoms with Crippen LogP contribution in [0.3, 0.4) is 0 Å². The van der Waals surface area contributed by atoms with Gasteiger partial charge in [-0.05, 0) is 30.5 Å². The quantitative estimate of drug-likeness (QED) is 0.268. The highest BCUT2D eigenvalue weighted by Gasteiger charge is 2.18. The molecule has 7 nitrogen and oxygen atoms in total. The standard InChI is InChI=1S/C21H18N2O5S/c1-14(29-17-11-9-16(10-12-17)23(26)27)21(25)28-13-20(24)22-19-8-4-6-15-5-2-3-7-18(15)19/h2-12,14H,13H2,1H3,(H,22,24)/t14-/m0/s1. The summed E-state index contributed by atoms with van der Waals surface area (Å²) in [5.41, 5.74) is 0.632. The van der Waals surface area contributed by atoms with Crippen LogP contribution in [-0.4, -0.2) is 28.7 Å². The third-order valence-electron chi connectivity index (χ3n) is 4.10. The van der Waals surface area contributed by atoms with Gasteiger partial charge in [0.1, 0.15) is 5.25 Å². The molecule has 0 bridgehead atoms. The third kappa shape index (κ3) is 5.32. The second-order valence-electron chi connectivity index (χ2n) is 6.19. The minimum Gasteiger partial charge on any atom is -0.455 e. The number of nitrogens with zero attached hydrogens (tertiary/aromatic N) is 1. The Labute approximate surface area is 171 Å². The van der Waals surface area contributed by atoms with Gasteiger partial charge < -0.3 is 10.1 Å². The van der Waals surface area contributed by atoms with Crippen LogP contribution < -0.4 is 5.32 Å². The maximum atomic E-state index is 12.2. The normalized spacial score (nSPS) is 11.6. The molecule has 148 valence electrons. The van der Waals surface area contributed by atoms with E-state index in [2.05, 4.69) is 5.32 Å². The van der Waals surface area contributed by atoms with Crippen LogP contribution in [0.1, 0.15) is 6.92 Å². The Bertz CT molecular complexity index is 1050. The van der Waals surface area contributed by atoms with E-state index in [4.69, 9.17) is 4.74 Å². The average molecular weight is 410 g/mol. The number of fused-ring (bicyclic) bond motifs is 1. The predicted octanol–water partition coefficient (Wildman–Crippen LogP) is 4.41. The van der Waals surface area contributed by atoms with E-state index in [0.717, 1.165) is 10.8 Å². The van der Waals surface area contributed by atoms with Gasteiger partial charge in [-0.25, -0.2) is 0 Å². The first-order valence-corrected chi connectivity index (χ1v) is 9.67. The fourth-order valence-electron chi connectivity index (χ4n) is 2.67. The van der Waals surface area contributed by atoms with E-state index in [0.29, 0.717) is 10.6 Å². The van der Waals surface area contributed by atoms with Crippen LogP contribution >= 0.6 is 11.8 Å². The molecule has 1 N–H and O–H groups in total. The first-order chi connectivity index (χ1) is 13.9. The van der Waals surface area contributed by atoms with E-state index in [1.54, 1.807) is 25.1 Å². The van der Waals surface area contributed by atoms with Crippen molar-refractivity contribution in [2.24, 2.45) is 0 Å². The first kappa shape index (κ1) is 20.3. The highest BCUT2D eigenvalue weighted by Crippen LogP contribution is 2.26. The van der Waals surface area contributed by atoms with E-state index in [1.165, 1.54) is 23.9 Å². The van der Waals surface area contributed by atoms with Crippen LogP contribution in [0.15, 0.2) is 71.6 Å². The molecular weight excluding hydrogens is 392 g/mol. The number of non-ortho nitro benzene ring substituents is 1. The summed E-state index contributed by atoms with van der Waals surface area (Å²) < 4.78 is 5.10. The summed E-state index contributed by atoms with van der Waals surface area (Å²) in [5.74, 6) is -0.969. The van der Waals surface area contributed by atoms with Crippen LogP contribution in [-0.2, 0) is 14.3 Å². The molecule has 0 saturated carbocycles. The van der Waals surface area contributed by atoms with Crippen molar-refractivity contribution in [2.45, 2.75) is 17.1 Å². The smallest absolute Gasteiger partial charge is 0.319 e. The van der Waals surface area contributed by atoms with Crippen LogP contribution in [0.5, 0.6) is 0 Å². The van der Waals surface area contributed by atoms with Crippen molar-refractivity contribution in [1.82, 2.24) is 0 Å². The monoisotopic (exact) mass is 410 g/mol. The SMILES string of the molecule is C[C@H](Sc1ccc([N+](=O)[O-])cc1)C(=O)OCC(=O)Nc1cccc2ccccc12. The van der Waals surface area contributed by atoms with E-state index in [-0.39, 0.29) is 5.69 Å². The molecule has 8 heteroatoms. The van der Waals surface area contributed by atoms with Crippen molar-refractivity contribution >= 4 is 45.8 Å². The maximum absolute atomic E-state index is 12.2. The summed E-state index contributed by atoms with van der Waals surface area (Å²) in [6, 6.07) is 19.1. The number of amides is 1. The molecule has 3 aromatic carbocycles. The lowest BCUT2D eigenvalue weighted by molar-refractivity contribution is -0.384. The number of hydrogen-bond acceptors (Lipinski definition) is 6. The molecule has 0 unspecified atom stereocenters. The molecule has 0 aliphatic heterocycles. The van der Waals surface area contributed by atoms with Crippen LogP contribution in [0.25, 0.3) is 10.8 Å². The number of thioether (sulfide) groups is 1. The van der Waals surface area contributed by atoms with Gasteiger partial charge in [-0.15, -0.1) is 11.8 Å². The summed E-state index contributed by atoms with van der Waals surface area (Å²) in [5, 5.41) is 14.8. The molecule has 0 radical (unpaired) electrons. The number of carbonyl (C=O) groups excluding carboxylic acids is 2. The largest absolute Gasteiger partial charge is 0.455 e. The number of rotatable bonds is 7. The van der Waals surface area contributed by atoms with Gasteiger partial charge in [-0.1, -0.05) is 36.4 Å². The summed E-state index contributed by atoms with van der Waals surface area (Å²) in [6.45, 7) is 1.25. The molecule has 3 rings (SSSR count). The topological polar surface area (TPSA) is 98.5 Å². The summed E-state index contributed by atoms with van der Waals surface area (Å²) in [4.78, 5) is 35.2. The van der Waals surface area contributed by atoms with Gasteiger partial charge in [0.2, 0.25) is 0 Å². The number of carbonyl (C=O) groups is 2. The molecule has 0 fully saturated rings. The van der Waals surface area contributed by atoms with Gasteiger partial charge in [-0.2, -0.15) is 0 Å². The first-order valence-electron chi connectivity index (χ1n) is 8.79. The molecule has 0 spiro atoms. The van der Waals surface area contributed by atoms with Crippen LogP contribution in [0, 0.1) is 10.1 Å². The zero-order chi connectivity index (χ0) is 20.8. The second kappa shape index (κ2) is 9.20. The third-order valence-corrected chi connectivity index (χ3v) is 5.19. The molecule has 0 saturated heterocycles. The van der Waals surface area contributed by atoms with E-state index < -0.39 is 28.7 Å². The zero-order valence-electron chi connectivity index (χ0n) is 15.5. The fraction of sp³-hybridized carbons (Fsp3) is 0.143. The summed E-state index contributed by atoms with van der Waals surface area (Å²) >= 11 is 1.20. The number of esters is 1. The van der Waals surface area contributed by atoms with Gasteiger partial charge in [0.25, 0.3) is 11.6 Å². The van der Waals surface area contributed by atoms with Gasteiger partial charge in [0, 0.05) is 28.1 Å². The molecule has 0 heterocycles. The Kier molecular flexibility index (Phi) is 6.46. The molecule has 1 amide bonds. The maximum Gasteiger partial charge on any atom is 0.319 e. The minimum atomic E-state index is -0.568. The number of anilines is 1. The number of nitro benzene ring substituents is 1. The Balaban J connectivity index is 1.52. The molecule has 29 heavy (non-hydrogen) atoms. The number of benzene rings is 3. The number of ether oxygens (including phenoxy) is 1. The van der Waals surface area contributed by atoms with Crippen molar-refractivity contribution in [2.75, 3.05) is 11.9 Å². The van der Waals surface area contributed by atoms with Crippen molar-refractivity contribution in [1.29, 1.82) is 0 Å². The van der Waals surface area contributed by atoms with Gasteiger partial charge in [0.05, 0.1) is 4.92 Å². The number of hydrogen-bond donors (Lipinski definition) is 1. The van der Waals surface area contributed by atoms with Crippen LogP contribution in [0.4, 0.5) is 11.4 Å². The Hall–Kier alpha value is -3.39. The van der Waals surface area contributed by atoms with Gasteiger partial charge in [0.15, 0.2) is 6.61 Å².